The number of hydrogen-bond acceptors (Lipinski definition) is 4. The van der Waals surface area contributed by atoms with E-state index in [9.17, 15) is 9.90 Å². The van der Waals surface area contributed by atoms with Gasteiger partial charge in [0.05, 0.1) is 18.5 Å². The zero-order chi connectivity index (χ0) is 17.4. The Hall–Kier alpha value is -3.28. The number of phenols is 1. The lowest BCUT2D eigenvalue weighted by Gasteiger charge is -2.25. The van der Waals surface area contributed by atoms with Crippen LogP contribution in [0.2, 0.25) is 0 Å². The monoisotopic (exact) mass is 335 g/mol. The number of nitrogens with zero attached hydrogens (tertiary/aromatic N) is 2. The minimum atomic E-state index is -0.141. The quantitative estimate of drug-likeness (QED) is 0.771. The number of amides is 1. The predicted octanol–water partition coefficient (Wildman–Crippen LogP) is 3.06. The van der Waals surface area contributed by atoms with Crippen molar-refractivity contribution in [2.24, 2.45) is 0 Å². The Morgan fingerprint density at radius 1 is 1.24 bits per heavy atom. The summed E-state index contributed by atoms with van der Waals surface area (Å²) in [7, 11) is 1.63. The van der Waals surface area contributed by atoms with Crippen LogP contribution in [0.1, 0.15) is 23.6 Å². The van der Waals surface area contributed by atoms with Crippen LogP contribution in [0, 0.1) is 0 Å². The molecule has 1 atom stereocenters. The van der Waals surface area contributed by atoms with Crippen molar-refractivity contribution in [3.8, 4) is 17.2 Å². The third-order valence-corrected chi connectivity index (χ3v) is 4.41. The number of anilines is 1. The summed E-state index contributed by atoms with van der Waals surface area (Å²) in [4.78, 5) is 16.5. The molecule has 6 nitrogen and oxygen atoms in total. The van der Waals surface area contributed by atoms with Gasteiger partial charge in [0.1, 0.15) is 17.8 Å². The smallest absolute Gasteiger partial charge is 0.226 e. The summed E-state index contributed by atoms with van der Waals surface area (Å²) in [5, 5.41) is 12.4. The average Bonchev–Trinajstić information content (AvgIpc) is 3.05. The molecular weight excluding hydrogens is 318 g/mol. The van der Waals surface area contributed by atoms with Gasteiger partial charge in [0.2, 0.25) is 5.91 Å². The number of benzene rings is 2. The summed E-state index contributed by atoms with van der Waals surface area (Å²) in [6.07, 6.45) is 2.03. The lowest BCUT2D eigenvalue weighted by molar-refractivity contribution is -0.116. The molecule has 0 bridgehead atoms. The largest absolute Gasteiger partial charge is 0.508 e. The second kappa shape index (κ2) is 5.98. The van der Waals surface area contributed by atoms with E-state index < -0.39 is 0 Å². The van der Waals surface area contributed by atoms with Gasteiger partial charge < -0.3 is 19.7 Å². The average molecular weight is 335 g/mol. The summed E-state index contributed by atoms with van der Waals surface area (Å²) in [6.45, 7) is 0. The number of carbonyl (C=O) groups is 1. The van der Waals surface area contributed by atoms with E-state index in [0.717, 1.165) is 22.7 Å². The topological polar surface area (TPSA) is 76.4 Å². The Kier molecular flexibility index (Phi) is 3.65. The van der Waals surface area contributed by atoms with Crippen LogP contribution in [0.25, 0.3) is 5.69 Å². The van der Waals surface area contributed by atoms with Gasteiger partial charge in [0.15, 0.2) is 5.82 Å². The van der Waals surface area contributed by atoms with Gasteiger partial charge in [0, 0.05) is 18.4 Å². The fourth-order valence-corrected chi connectivity index (χ4v) is 3.20. The SMILES string of the molecule is COc1cccc(-n2cnc3c2[C@H](c2ccc(O)cc2)CC(=O)N3)c1. The third kappa shape index (κ3) is 2.71. The first-order chi connectivity index (χ1) is 12.2. The molecule has 0 radical (unpaired) electrons. The molecule has 6 heteroatoms. The van der Waals surface area contributed by atoms with Gasteiger partial charge in [-0.1, -0.05) is 18.2 Å². The van der Waals surface area contributed by atoms with E-state index in [4.69, 9.17) is 4.74 Å². The molecule has 3 aromatic rings. The van der Waals surface area contributed by atoms with Crippen molar-refractivity contribution >= 4 is 11.7 Å². The second-order valence-electron chi connectivity index (χ2n) is 5.95. The van der Waals surface area contributed by atoms with Gasteiger partial charge in [-0.25, -0.2) is 4.98 Å². The Morgan fingerprint density at radius 2 is 2.04 bits per heavy atom. The van der Waals surface area contributed by atoms with Crippen LogP contribution in [0.5, 0.6) is 11.5 Å². The number of fused-ring (bicyclic) bond motifs is 1. The van der Waals surface area contributed by atoms with Crippen molar-refractivity contribution in [3.63, 3.8) is 0 Å². The van der Waals surface area contributed by atoms with Crippen molar-refractivity contribution in [3.05, 3.63) is 66.1 Å². The fraction of sp³-hybridized carbons (Fsp3) is 0.158. The van der Waals surface area contributed by atoms with Gasteiger partial charge in [0.25, 0.3) is 0 Å². The van der Waals surface area contributed by atoms with E-state index in [-0.39, 0.29) is 17.6 Å². The normalized spacial score (nSPS) is 16.2. The van der Waals surface area contributed by atoms with Gasteiger partial charge in [-0.3, -0.25) is 4.79 Å². The Balaban J connectivity index is 1.85. The molecule has 25 heavy (non-hydrogen) atoms. The summed E-state index contributed by atoms with van der Waals surface area (Å²) in [6, 6.07) is 14.6. The fourth-order valence-electron chi connectivity index (χ4n) is 3.20. The molecule has 0 saturated carbocycles. The zero-order valence-corrected chi connectivity index (χ0v) is 13.6. The minimum absolute atomic E-state index is 0.0681. The van der Waals surface area contributed by atoms with E-state index in [0.29, 0.717) is 12.2 Å². The second-order valence-corrected chi connectivity index (χ2v) is 5.95. The number of methoxy groups -OCH3 is 1. The number of rotatable bonds is 3. The molecule has 2 aromatic carbocycles. The van der Waals surface area contributed by atoms with Gasteiger partial charge >= 0.3 is 0 Å². The van der Waals surface area contributed by atoms with Crippen LogP contribution in [-0.4, -0.2) is 27.7 Å². The van der Waals surface area contributed by atoms with Gasteiger partial charge in [-0.15, -0.1) is 0 Å². The first kappa shape index (κ1) is 15.3. The Labute approximate surface area is 144 Å². The van der Waals surface area contributed by atoms with Crippen LogP contribution in [0.15, 0.2) is 54.9 Å². The molecule has 1 aromatic heterocycles. The molecule has 1 aliphatic heterocycles. The Bertz CT molecular complexity index is 931. The number of hydrogen-bond donors (Lipinski definition) is 2. The maximum atomic E-state index is 12.1. The van der Waals surface area contributed by atoms with Crippen molar-refractivity contribution in [2.45, 2.75) is 12.3 Å². The molecule has 1 aliphatic rings. The van der Waals surface area contributed by atoms with E-state index in [1.807, 2.05) is 41.0 Å². The number of phenolic OH excluding ortho intramolecular Hbond substituents is 1. The van der Waals surface area contributed by atoms with Crippen molar-refractivity contribution in [1.29, 1.82) is 0 Å². The highest BCUT2D eigenvalue weighted by atomic mass is 16.5. The molecule has 0 fully saturated rings. The lowest BCUT2D eigenvalue weighted by atomic mass is 9.89. The number of carbonyl (C=O) groups excluding carboxylic acids is 1. The molecular formula is C19H17N3O3. The molecule has 0 spiro atoms. The summed E-state index contributed by atoms with van der Waals surface area (Å²) in [5.74, 6) is 1.31. The number of aromatic hydroxyl groups is 1. The summed E-state index contributed by atoms with van der Waals surface area (Å²) < 4.78 is 7.27. The highest BCUT2D eigenvalue weighted by molar-refractivity contribution is 5.94. The molecule has 0 unspecified atom stereocenters. The number of ether oxygens (including phenoxy) is 1. The lowest BCUT2D eigenvalue weighted by Crippen LogP contribution is -2.25. The highest BCUT2D eigenvalue weighted by Crippen LogP contribution is 2.38. The predicted molar refractivity (Wildman–Crippen MR) is 93.3 cm³/mol. The van der Waals surface area contributed by atoms with Crippen LogP contribution in [0.3, 0.4) is 0 Å². The van der Waals surface area contributed by atoms with E-state index in [1.165, 1.54) is 0 Å². The highest BCUT2D eigenvalue weighted by Gasteiger charge is 2.31. The Morgan fingerprint density at radius 3 is 2.80 bits per heavy atom. The first-order valence-corrected chi connectivity index (χ1v) is 7.96. The molecule has 2 heterocycles. The molecule has 0 saturated heterocycles. The number of nitrogens with one attached hydrogen (secondary N) is 1. The van der Waals surface area contributed by atoms with Crippen molar-refractivity contribution in [2.75, 3.05) is 12.4 Å². The summed E-state index contributed by atoms with van der Waals surface area (Å²) in [5.41, 5.74) is 2.78. The summed E-state index contributed by atoms with van der Waals surface area (Å²) >= 11 is 0. The minimum Gasteiger partial charge on any atom is -0.508 e. The van der Waals surface area contributed by atoms with E-state index in [1.54, 1.807) is 25.6 Å². The number of aromatic nitrogens is 2. The van der Waals surface area contributed by atoms with Gasteiger partial charge in [-0.2, -0.15) is 0 Å². The van der Waals surface area contributed by atoms with Crippen LogP contribution < -0.4 is 10.1 Å². The van der Waals surface area contributed by atoms with Crippen LogP contribution in [-0.2, 0) is 4.79 Å². The van der Waals surface area contributed by atoms with Crippen molar-refractivity contribution < 1.29 is 14.6 Å². The maximum absolute atomic E-state index is 12.1. The van der Waals surface area contributed by atoms with E-state index in [2.05, 4.69) is 10.3 Å². The molecule has 1 amide bonds. The molecule has 0 aliphatic carbocycles. The van der Waals surface area contributed by atoms with E-state index >= 15 is 0 Å². The standard InChI is InChI=1S/C19H17N3O3/c1-25-15-4-2-3-13(9-15)22-11-20-19-18(22)16(10-17(24)21-19)12-5-7-14(23)8-6-12/h2-9,11,16,23H,10H2,1H3,(H,21,24)/t16-/m0/s1. The number of imidazole rings is 1. The first-order valence-electron chi connectivity index (χ1n) is 7.96. The molecule has 4 rings (SSSR count). The van der Waals surface area contributed by atoms with Crippen LogP contribution in [0.4, 0.5) is 5.82 Å². The van der Waals surface area contributed by atoms with Crippen molar-refractivity contribution in [1.82, 2.24) is 9.55 Å². The maximum Gasteiger partial charge on any atom is 0.226 e. The zero-order valence-electron chi connectivity index (χ0n) is 13.6. The molecule has 126 valence electrons. The third-order valence-electron chi connectivity index (χ3n) is 4.41. The van der Waals surface area contributed by atoms with Crippen LogP contribution >= 0.6 is 0 Å². The van der Waals surface area contributed by atoms with Gasteiger partial charge in [-0.05, 0) is 29.8 Å². The molecule has 2 N–H and O–H groups in total.